The molecule has 2 aliphatic carbocycles. The van der Waals surface area contributed by atoms with E-state index in [2.05, 4.69) is 6.92 Å². The fourth-order valence-corrected chi connectivity index (χ4v) is 4.95. The smallest absolute Gasteiger partial charge is 0.141 e. The lowest BCUT2D eigenvalue weighted by Crippen LogP contribution is -2.34. The molecule has 0 saturated heterocycles. The Kier molecular flexibility index (Phi) is 4.20. The molecule has 0 aromatic heterocycles. The molecule has 1 aromatic rings. The Morgan fingerprint density at radius 3 is 2.29 bits per heavy atom. The maximum atomic E-state index is 6.74. The molecule has 3 heteroatoms. The Morgan fingerprint density at radius 2 is 1.71 bits per heavy atom. The number of rotatable bonds is 3. The van der Waals surface area contributed by atoms with Gasteiger partial charge < -0.3 is 10.5 Å². The second-order valence-electron chi connectivity index (χ2n) is 6.70. The van der Waals surface area contributed by atoms with Crippen LogP contribution in [0.5, 0.6) is 5.75 Å². The summed E-state index contributed by atoms with van der Waals surface area (Å²) in [5.41, 5.74) is 11.8. The molecule has 2 N–H and O–H groups in total. The van der Waals surface area contributed by atoms with Crippen molar-refractivity contribution in [3.63, 3.8) is 0 Å². The van der Waals surface area contributed by atoms with Crippen LogP contribution in [0.25, 0.3) is 0 Å². The minimum Gasteiger partial charge on any atom is -0.495 e. The van der Waals surface area contributed by atoms with Gasteiger partial charge >= 0.3 is 0 Å². The van der Waals surface area contributed by atoms with Gasteiger partial charge in [0.05, 0.1) is 12.1 Å². The lowest BCUT2D eigenvalue weighted by molar-refractivity contribution is 0.375. The Hall–Kier alpha value is -0.730. The maximum Gasteiger partial charge on any atom is 0.141 e. The summed E-state index contributed by atoms with van der Waals surface area (Å²) in [4.78, 5) is 0. The van der Waals surface area contributed by atoms with E-state index in [1.54, 1.807) is 7.11 Å². The highest BCUT2D eigenvalue weighted by Crippen LogP contribution is 2.50. The number of benzene rings is 1. The molecule has 0 amide bonds. The summed E-state index contributed by atoms with van der Waals surface area (Å²) in [7, 11) is 1.75. The van der Waals surface area contributed by atoms with Gasteiger partial charge in [-0.15, -0.1) is 0 Å². The van der Waals surface area contributed by atoms with E-state index in [4.69, 9.17) is 22.1 Å². The molecule has 1 fully saturated rings. The van der Waals surface area contributed by atoms with Crippen molar-refractivity contribution in [3.8, 4) is 5.75 Å². The average molecular weight is 308 g/mol. The monoisotopic (exact) mass is 307 g/mol. The van der Waals surface area contributed by atoms with Gasteiger partial charge in [-0.1, -0.05) is 24.4 Å². The van der Waals surface area contributed by atoms with Gasteiger partial charge in [0.2, 0.25) is 0 Å². The Bertz CT molecular complexity index is 547. The Balaban J connectivity index is 2.26. The molecular weight excluding hydrogens is 282 g/mol. The third kappa shape index (κ3) is 2.27. The fourth-order valence-electron chi connectivity index (χ4n) is 4.57. The fraction of sp³-hybridized carbons (Fsp3) is 0.667. The van der Waals surface area contributed by atoms with Crippen LogP contribution in [0.15, 0.2) is 0 Å². The van der Waals surface area contributed by atoms with Gasteiger partial charge in [0, 0.05) is 17.5 Å². The van der Waals surface area contributed by atoms with Crippen LogP contribution >= 0.6 is 11.6 Å². The minimum atomic E-state index is 0.0749. The van der Waals surface area contributed by atoms with Gasteiger partial charge in [-0.05, 0) is 62.1 Å². The molecule has 1 saturated carbocycles. The molecule has 0 atom stereocenters. The number of nitrogens with two attached hydrogens (primary N) is 1. The van der Waals surface area contributed by atoms with Crippen LogP contribution in [-0.4, -0.2) is 13.7 Å². The standard InChI is InChI=1S/C18H26ClNO/c1-12-13-7-3-4-8-14(13)16(19)17(21-2)15(12)18(11-20)9-5-6-10-18/h3-11,20H2,1-2H3. The molecule has 1 aromatic carbocycles. The first-order valence-electron chi connectivity index (χ1n) is 8.23. The van der Waals surface area contributed by atoms with Crippen LogP contribution in [0.2, 0.25) is 5.02 Å². The van der Waals surface area contributed by atoms with Crippen molar-refractivity contribution in [1.29, 1.82) is 0 Å². The Labute approximate surface area is 133 Å². The van der Waals surface area contributed by atoms with Crippen LogP contribution in [0.1, 0.15) is 60.8 Å². The summed E-state index contributed by atoms with van der Waals surface area (Å²) in [6.45, 7) is 2.95. The molecule has 0 spiro atoms. The van der Waals surface area contributed by atoms with Crippen molar-refractivity contribution in [3.05, 3.63) is 27.3 Å². The quantitative estimate of drug-likeness (QED) is 0.903. The summed E-state index contributed by atoms with van der Waals surface area (Å²) in [6.07, 6.45) is 9.58. The van der Waals surface area contributed by atoms with Crippen molar-refractivity contribution in [2.75, 3.05) is 13.7 Å². The highest BCUT2D eigenvalue weighted by Gasteiger charge is 2.40. The molecule has 116 valence electrons. The van der Waals surface area contributed by atoms with Crippen LogP contribution in [0, 0.1) is 6.92 Å². The highest BCUT2D eigenvalue weighted by atomic mass is 35.5. The molecule has 0 aliphatic heterocycles. The van der Waals surface area contributed by atoms with E-state index in [1.165, 1.54) is 47.9 Å². The number of ether oxygens (including phenoxy) is 1. The summed E-state index contributed by atoms with van der Waals surface area (Å²) < 4.78 is 5.77. The largest absolute Gasteiger partial charge is 0.495 e. The van der Waals surface area contributed by atoms with E-state index in [0.717, 1.165) is 36.5 Å². The zero-order chi connectivity index (χ0) is 15.0. The number of fused-ring (bicyclic) bond motifs is 1. The summed E-state index contributed by atoms with van der Waals surface area (Å²) in [6, 6.07) is 0. The summed E-state index contributed by atoms with van der Waals surface area (Å²) in [5, 5.41) is 0.854. The second-order valence-corrected chi connectivity index (χ2v) is 7.08. The van der Waals surface area contributed by atoms with Crippen molar-refractivity contribution >= 4 is 11.6 Å². The van der Waals surface area contributed by atoms with Crippen LogP contribution < -0.4 is 10.5 Å². The normalized spacial score (nSPS) is 20.4. The zero-order valence-electron chi connectivity index (χ0n) is 13.2. The number of hydrogen-bond acceptors (Lipinski definition) is 2. The first-order valence-corrected chi connectivity index (χ1v) is 8.61. The molecule has 3 rings (SSSR count). The zero-order valence-corrected chi connectivity index (χ0v) is 14.0. The van der Waals surface area contributed by atoms with E-state index < -0.39 is 0 Å². The van der Waals surface area contributed by atoms with Crippen molar-refractivity contribution < 1.29 is 4.74 Å². The third-order valence-corrected chi connectivity index (χ3v) is 6.07. The van der Waals surface area contributed by atoms with Gasteiger partial charge in [0.15, 0.2) is 0 Å². The van der Waals surface area contributed by atoms with Crippen molar-refractivity contribution in [1.82, 2.24) is 0 Å². The van der Waals surface area contributed by atoms with Crippen LogP contribution in [0.3, 0.4) is 0 Å². The van der Waals surface area contributed by atoms with Gasteiger partial charge in [-0.25, -0.2) is 0 Å². The molecule has 0 bridgehead atoms. The van der Waals surface area contributed by atoms with Crippen LogP contribution in [-0.2, 0) is 18.3 Å². The first kappa shape index (κ1) is 15.2. The molecule has 0 unspecified atom stereocenters. The third-order valence-electron chi connectivity index (χ3n) is 5.67. The number of methoxy groups -OCH3 is 1. The van der Waals surface area contributed by atoms with Crippen LogP contribution in [0.4, 0.5) is 0 Å². The highest BCUT2D eigenvalue weighted by molar-refractivity contribution is 6.33. The number of halogens is 1. The maximum absolute atomic E-state index is 6.74. The van der Waals surface area contributed by atoms with Gasteiger partial charge in [-0.2, -0.15) is 0 Å². The van der Waals surface area contributed by atoms with E-state index in [9.17, 15) is 0 Å². The lowest BCUT2D eigenvalue weighted by atomic mass is 9.73. The lowest BCUT2D eigenvalue weighted by Gasteiger charge is -2.35. The SMILES string of the molecule is COc1c(Cl)c2c(c(C)c1C1(CN)CCCC1)CCCC2. The van der Waals surface area contributed by atoms with Crippen molar-refractivity contribution in [2.45, 2.75) is 63.7 Å². The van der Waals surface area contributed by atoms with E-state index in [-0.39, 0.29) is 5.41 Å². The number of hydrogen-bond donors (Lipinski definition) is 1. The van der Waals surface area contributed by atoms with E-state index in [0.29, 0.717) is 6.54 Å². The van der Waals surface area contributed by atoms with Gasteiger partial charge in [-0.3, -0.25) is 0 Å². The predicted molar refractivity (Wildman–Crippen MR) is 88.6 cm³/mol. The topological polar surface area (TPSA) is 35.2 Å². The molecular formula is C18H26ClNO. The summed E-state index contributed by atoms with van der Waals surface area (Å²) >= 11 is 6.74. The molecule has 0 heterocycles. The van der Waals surface area contributed by atoms with Gasteiger partial charge in [0.1, 0.15) is 5.75 Å². The van der Waals surface area contributed by atoms with Crippen molar-refractivity contribution in [2.24, 2.45) is 5.73 Å². The molecule has 2 nitrogen and oxygen atoms in total. The average Bonchev–Trinajstić information content (AvgIpc) is 3.00. The Morgan fingerprint density at radius 1 is 1.10 bits per heavy atom. The van der Waals surface area contributed by atoms with E-state index >= 15 is 0 Å². The molecule has 21 heavy (non-hydrogen) atoms. The predicted octanol–water partition coefficient (Wildman–Crippen LogP) is 4.31. The van der Waals surface area contributed by atoms with Gasteiger partial charge in [0.25, 0.3) is 0 Å². The van der Waals surface area contributed by atoms with E-state index in [1.807, 2.05) is 0 Å². The second kappa shape index (κ2) is 5.81. The molecule has 2 aliphatic rings. The summed E-state index contributed by atoms with van der Waals surface area (Å²) in [5.74, 6) is 0.905. The minimum absolute atomic E-state index is 0.0749. The first-order chi connectivity index (χ1) is 10.1. The molecule has 0 radical (unpaired) electrons.